The van der Waals surface area contributed by atoms with Crippen molar-refractivity contribution in [3.63, 3.8) is 0 Å². The van der Waals surface area contributed by atoms with Gasteiger partial charge in [0.2, 0.25) is 0 Å². The van der Waals surface area contributed by atoms with Crippen LogP contribution in [0.5, 0.6) is 0 Å². The topological polar surface area (TPSA) is 126 Å². The number of amides is 1. The minimum Gasteiger partial charge on any atom is -0.444 e. The number of nitrogens with one attached hydrogen (secondary N) is 1. The smallest absolute Gasteiger partial charge is 0.410 e. The predicted octanol–water partition coefficient (Wildman–Crippen LogP) is 4.80. The summed E-state index contributed by atoms with van der Waals surface area (Å²) >= 11 is 0. The minimum absolute atomic E-state index is 0.161. The number of halogens is 1. The third-order valence-corrected chi connectivity index (χ3v) is 8.89. The quantitative estimate of drug-likeness (QED) is 0.292. The van der Waals surface area contributed by atoms with Gasteiger partial charge in [0.05, 0.1) is 17.1 Å². The van der Waals surface area contributed by atoms with E-state index < -0.39 is 21.6 Å². The van der Waals surface area contributed by atoms with Crippen molar-refractivity contribution >= 4 is 27.7 Å². The van der Waals surface area contributed by atoms with Crippen LogP contribution < -0.4 is 9.62 Å². The molecule has 0 radical (unpaired) electrons. The number of carbonyl (C=O) groups excluding carboxylic acids is 1. The van der Waals surface area contributed by atoms with Crippen LogP contribution in [0.1, 0.15) is 27.7 Å². The Bertz CT molecular complexity index is 1750. The number of carbonyl (C=O) groups is 1. The lowest BCUT2D eigenvalue weighted by Gasteiger charge is -2.36. The summed E-state index contributed by atoms with van der Waals surface area (Å²) < 4.78 is 51.8. The molecule has 1 aliphatic heterocycles. The number of piperazine rings is 1. The normalized spacial score (nSPS) is 14.1. The second-order valence-electron chi connectivity index (χ2n) is 11.6. The summed E-state index contributed by atoms with van der Waals surface area (Å²) in [5.41, 5.74) is 2.49. The maximum absolute atomic E-state index is 15.9. The highest BCUT2D eigenvalue weighted by Gasteiger charge is 2.26. The summed E-state index contributed by atoms with van der Waals surface area (Å²) in [4.78, 5) is 24.7. The van der Waals surface area contributed by atoms with E-state index in [9.17, 15) is 13.2 Å². The maximum Gasteiger partial charge on any atom is 0.410 e. The highest BCUT2D eigenvalue weighted by Crippen LogP contribution is 2.35. The number of hydrogen-bond donors (Lipinski definition) is 1. The third kappa shape index (κ3) is 7.23. The predicted molar refractivity (Wildman–Crippen MR) is 171 cm³/mol. The molecule has 0 aliphatic carbocycles. The average molecular weight is 637 g/mol. The van der Waals surface area contributed by atoms with Crippen LogP contribution in [0.15, 0.2) is 67.3 Å². The summed E-state index contributed by atoms with van der Waals surface area (Å²) in [6.07, 6.45) is 4.35. The minimum atomic E-state index is -3.94. The highest BCUT2D eigenvalue weighted by atomic mass is 32.2. The number of hydrogen-bond acceptors (Lipinski definition) is 8. The van der Waals surface area contributed by atoms with Crippen molar-refractivity contribution in [2.45, 2.75) is 33.3 Å². The fraction of sp³-hybridized carbons (Fsp3) is 0.355. The molecule has 0 saturated carbocycles. The van der Waals surface area contributed by atoms with Crippen molar-refractivity contribution < 1.29 is 22.3 Å². The van der Waals surface area contributed by atoms with Gasteiger partial charge in [-0.05, 0) is 57.2 Å². The van der Waals surface area contributed by atoms with E-state index in [1.165, 1.54) is 19.4 Å². The van der Waals surface area contributed by atoms with E-state index in [1.54, 1.807) is 47.1 Å². The first-order valence-electron chi connectivity index (χ1n) is 14.6. The molecule has 1 amide bonds. The number of anilines is 2. The summed E-state index contributed by atoms with van der Waals surface area (Å²) in [6, 6.07) is 14.0. The Labute approximate surface area is 262 Å². The van der Waals surface area contributed by atoms with Gasteiger partial charge in [-0.15, -0.1) is 0 Å². The van der Waals surface area contributed by atoms with E-state index in [2.05, 4.69) is 19.6 Å². The summed E-state index contributed by atoms with van der Waals surface area (Å²) in [7, 11) is -2.53. The molecule has 12 nitrogen and oxygen atoms in total. The van der Waals surface area contributed by atoms with Crippen LogP contribution >= 0.6 is 0 Å². The molecule has 238 valence electrons. The lowest BCUT2D eigenvalue weighted by molar-refractivity contribution is 0.0240. The van der Waals surface area contributed by atoms with Crippen LogP contribution in [0.3, 0.4) is 0 Å². The lowest BCUT2D eigenvalue weighted by atomic mass is 10.0. The molecule has 4 aromatic rings. The number of benzene rings is 2. The van der Waals surface area contributed by atoms with Gasteiger partial charge in [0.1, 0.15) is 17.6 Å². The SMILES string of the molecule is CCN(C)S(=O)(=O)Nc1cccc(-c2cn(-c3ccc(N4CCN(C(=O)OC(C)(C)C)CC4)cc3)nc2-c2ccncn2)c1F. The summed E-state index contributed by atoms with van der Waals surface area (Å²) in [6.45, 7) is 9.90. The van der Waals surface area contributed by atoms with Crippen LogP contribution in [0.4, 0.5) is 20.6 Å². The lowest BCUT2D eigenvalue weighted by Crippen LogP contribution is -2.50. The molecule has 0 spiro atoms. The van der Waals surface area contributed by atoms with Gasteiger partial charge in [-0.1, -0.05) is 19.1 Å². The molecule has 2 aromatic heterocycles. The number of aromatic nitrogens is 4. The molecule has 1 saturated heterocycles. The molecule has 1 aliphatic rings. The average Bonchev–Trinajstić information content (AvgIpc) is 3.46. The maximum atomic E-state index is 15.9. The molecule has 1 N–H and O–H groups in total. The van der Waals surface area contributed by atoms with Crippen molar-refractivity contribution in [3.05, 3.63) is 73.1 Å². The van der Waals surface area contributed by atoms with Crippen LogP contribution in [-0.4, -0.2) is 88.8 Å². The Morgan fingerprint density at radius 3 is 2.33 bits per heavy atom. The molecule has 5 rings (SSSR count). The molecule has 1 fully saturated rings. The van der Waals surface area contributed by atoms with Gasteiger partial charge in [0.15, 0.2) is 5.82 Å². The molecule has 14 heteroatoms. The Balaban J connectivity index is 1.42. The van der Waals surface area contributed by atoms with Crippen LogP contribution in [-0.2, 0) is 14.9 Å². The molecular formula is C31H37FN8O4S. The largest absolute Gasteiger partial charge is 0.444 e. The number of rotatable bonds is 8. The molecule has 0 atom stereocenters. The van der Waals surface area contributed by atoms with E-state index >= 15 is 4.39 Å². The number of nitrogens with zero attached hydrogens (tertiary/aromatic N) is 7. The monoisotopic (exact) mass is 636 g/mol. The van der Waals surface area contributed by atoms with Gasteiger partial charge in [0.25, 0.3) is 0 Å². The number of ether oxygens (including phenoxy) is 1. The zero-order chi connectivity index (χ0) is 32.4. The van der Waals surface area contributed by atoms with Crippen molar-refractivity contribution in [1.29, 1.82) is 0 Å². The van der Waals surface area contributed by atoms with Crippen molar-refractivity contribution in [2.75, 3.05) is 49.4 Å². The van der Waals surface area contributed by atoms with E-state index in [0.717, 1.165) is 15.7 Å². The first kappa shape index (κ1) is 31.9. The fourth-order valence-electron chi connectivity index (χ4n) is 4.82. The van der Waals surface area contributed by atoms with Crippen molar-refractivity contribution in [1.82, 2.24) is 29.0 Å². The van der Waals surface area contributed by atoms with Crippen molar-refractivity contribution in [2.24, 2.45) is 0 Å². The second kappa shape index (κ2) is 12.8. The standard InChI is InChI=1S/C31H37FN8O4S/c1-6-37(5)45(42,43)36-26-9-7-8-24(28(26)32)25-20-40(35-29(25)27-14-15-33-21-34-27)23-12-10-22(11-13-23)38-16-18-39(19-17-38)30(41)44-31(2,3)4/h7-15,20-21,36H,6,16-19H2,1-5H3. The van der Waals surface area contributed by atoms with Gasteiger partial charge in [-0.3, -0.25) is 4.72 Å². The van der Waals surface area contributed by atoms with Crippen LogP contribution in [0.25, 0.3) is 28.2 Å². The highest BCUT2D eigenvalue weighted by molar-refractivity contribution is 7.90. The Morgan fingerprint density at radius 2 is 1.71 bits per heavy atom. The summed E-state index contributed by atoms with van der Waals surface area (Å²) in [5, 5.41) is 4.76. The molecular weight excluding hydrogens is 599 g/mol. The zero-order valence-electron chi connectivity index (χ0n) is 25.9. The summed E-state index contributed by atoms with van der Waals surface area (Å²) in [5.74, 6) is -0.735. The van der Waals surface area contributed by atoms with Gasteiger partial charge >= 0.3 is 16.3 Å². The first-order chi connectivity index (χ1) is 21.4. The Morgan fingerprint density at radius 1 is 1.02 bits per heavy atom. The molecule has 45 heavy (non-hydrogen) atoms. The van der Waals surface area contributed by atoms with E-state index in [1.807, 2.05) is 45.0 Å². The molecule has 2 aromatic carbocycles. The van der Waals surface area contributed by atoms with Gasteiger partial charge < -0.3 is 14.5 Å². The van der Waals surface area contributed by atoms with E-state index in [0.29, 0.717) is 43.1 Å². The van der Waals surface area contributed by atoms with Crippen LogP contribution in [0, 0.1) is 5.82 Å². The Hall–Kier alpha value is -4.56. The molecule has 0 unspecified atom stereocenters. The first-order valence-corrected chi connectivity index (χ1v) is 16.0. The van der Waals surface area contributed by atoms with Crippen LogP contribution in [0.2, 0.25) is 0 Å². The molecule has 0 bridgehead atoms. The fourth-order valence-corrected chi connectivity index (χ4v) is 5.75. The molecule has 3 heterocycles. The van der Waals surface area contributed by atoms with Crippen molar-refractivity contribution in [3.8, 4) is 28.2 Å². The second-order valence-corrected chi connectivity index (χ2v) is 13.4. The zero-order valence-corrected chi connectivity index (χ0v) is 26.8. The Kier molecular flexibility index (Phi) is 9.07. The van der Waals surface area contributed by atoms with Gasteiger partial charge in [0, 0.05) is 69.0 Å². The van der Waals surface area contributed by atoms with E-state index in [-0.39, 0.29) is 23.9 Å². The van der Waals surface area contributed by atoms with Gasteiger partial charge in [-0.25, -0.2) is 23.8 Å². The van der Waals surface area contributed by atoms with E-state index in [4.69, 9.17) is 9.84 Å². The van der Waals surface area contributed by atoms with Gasteiger partial charge in [-0.2, -0.15) is 17.8 Å². The third-order valence-electron chi connectivity index (χ3n) is 7.33.